The number of piperidine rings is 1. The molecule has 0 aliphatic carbocycles. The second kappa shape index (κ2) is 9.25. The molecule has 1 aliphatic heterocycles. The smallest absolute Gasteiger partial charge is 0.349 e. The molecule has 0 aromatic heterocycles. The van der Waals surface area contributed by atoms with E-state index in [2.05, 4.69) is 5.32 Å². The number of carbonyl (C=O) groups is 2. The average Bonchev–Trinajstić information content (AvgIpc) is 2.82. The van der Waals surface area contributed by atoms with Crippen LogP contribution in [0.4, 0.5) is 13.2 Å². The maximum Gasteiger partial charge on any atom is 0.416 e. The van der Waals surface area contributed by atoms with Crippen molar-refractivity contribution in [1.29, 1.82) is 0 Å². The minimum atomic E-state index is -4.40. The maximum atomic E-state index is 13.2. The van der Waals surface area contributed by atoms with Crippen molar-refractivity contribution in [3.8, 4) is 0 Å². The normalized spacial score (nSPS) is 17.6. The summed E-state index contributed by atoms with van der Waals surface area (Å²) < 4.78 is 38.3. The van der Waals surface area contributed by atoms with E-state index in [0.717, 1.165) is 22.9 Å². The number of likely N-dealkylation sites (tertiary alicyclic amines) is 1. The van der Waals surface area contributed by atoms with Crippen molar-refractivity contribution in [3.05, 3.63) is 83.4 Å². The standard InChI is InChI=1S/C26H25F3N2O2/c1-17(18-11-13-21(14-12-18)26(27,28)29)30-24(32)20-8-5-15-31(16-20)25(33)23-10-4-7-19-6-2-3-9-22(19)23/h2-4,6-7,9-14,17,20H,5,8,15-16H2,1H3,(H,30,32)/t17-,20-/m1/s1. The highest BCUT2D eigenvalue weighted by atomic mass is 19.4. The van der Waals surface area contributed by atoms with E-state index in [1.807, 2.05) is 36.4 Å². The first kappa shape index (κ1) is 22.8. The summed E-state index contributed by atoms with van der Waals surface area (Å²) >= 11 is 0. The number of alkyl halides is 3. The van der Waals surface area contributed by atoms with Gasteiger partial charge in [-0.25, -0.2) is 0 Å². The van der Waals surface area contributed by atoms with Crippen LogP contribution in [0, 0.1) is 5.92 Å². The Morgan fingerprint density at radius 1 is 1.00 bits per heavy atom. The number of fused-ring (bicyclic) bond motifs is 1. The van der Waals surface area contributed by atoms with Crippen LogP contribution in [0.3, 0.4) is 0 Å². The lowest BCUT2D eigenvalue weighted by molar-refractivity contribution is -0.137. The summed E-state index contributed by atoms with van der Waals surface area (Å²) in [6.45, 7) is 2.64. The molecule has 33 heavy (non-hydrogen) atoms. The topological polar surface area (TPSA) is 49.4 Å². The van der Waals surface area contributed by atoms with Crippen molar-refractivity contribution in [2.24, 2.45) is 5.92 Å². The molecule has 0 radical (unpaired) electrons. The lowest BCUT2D eigenvalue weighted by atomic mass is 9.95. The summed E-state index contributed by atoms with van der Waals surface area (Å²) in [7, 11) is 0. The molecule has 4 nitrogen and oxygen atoms in total. The van der Waals surface area contributed by atoms with Gasteiger partial charge in [-0.05, 0) is 54.3 Å². The summed E-state index contributed by atoms with van der Waals surface area (Å²) in [5.74, 6) is -0.660. The number of rotatable bonds is 4. The van der Waals surface area contributed by atoms with Gasteiger partial charge in [0.05, 0.1) is 17.5 Å². The van der Waals surface area contributed by atoms with Crippen LogP contribution in [0.25, 0.3) is 10.8 Å². The largest absolute Gasteiger partial charge is 0.416 e. The fraction of sp³-hybridized carbons (Fsp3) is 0.308. The van der Waals surface area contributed by atoms with Crippen molar-refractivity contribution >= 4 is 22.6 Å². The number of amides is 2. The third-order valence-electron chi connectivity index (χ3n) is 6.20. The molecule has 1 fully saturated rings. The van der Waals surface area contributed by atoms with Gasteiger partial charge in [0.25, 0.3) is 5.91 Å². The van der Waals surface area contributed by atoms with E-state index >= 15 is 0 Å². The Labute approximate surface area is 190 Å². The fourth-order valence-electron chi connectivity index (χ4n) is 4.33. The average molecular weight is 454 g/mol. The summed E-state index contributed by atoms with van der Waals surface area (Å²) in [4.78, 5) is 27.9. The second-order valence-corrected chi connectivity index (χ2v) is 8.47. The Morgan fingerprint density at radius 3 is 2.42 bits per heavy atom. The lowest BCUT2D eigenvalue weighted by Crippen LogP contribution is -2.45. The van der Waals surface area contributed by atoms with Crippen molar-refractivity contribution < 1.29 is 22.8 Å². The van der Waals surface area contributed by atoms with E-state index in [-0.39, 0.29) is 17.7 Å². The fourth-order valence-corrected chi connectivity index (χ4v) is 4.33. The van der Waals surface area contributed by atoms with E-state index in [9.17, 15) is 22.8 Å². The maximum absolute atomic E-state index is 13.2. The lowest BCUT2D eigenvalue weighted by Gasteiger charge is -2.33. The zero-order valence-corrected chi connectivity index (χ0v) is 18.2. The van der Waals surface area contributed by atoms with Gasteiger partial charge in [-0.1, -0.05) is 48.5 Å². The Bertz CT molecular complexity index is 1150. The summed E-state index contributed by atoms with van der Waals surface area (Å²) in [6.07, 6.45) is -3.03. The van der Waals surface area contributed by atoms with Crippen LogP contribution in [0.1, 0.15) is 47.3 Å². The summed E-state index contributed by atoms with van der Waals surface area (Å²) in [5.41, 5.74) is 0.489. The van der Waals surface area contributed by atoms with Crippen LogP contribution in [0.5, 0.6) is 0 Å². The molecule has 3 aromatic carbocycles. The third kappa shape index (κ3) is 5.02. The van der Waals surface area contributed by atoms with Crippen LogP contribution < -0.4 is 5.32 Å². The predicted molar refractivity (Wildman–Crippen MR) is 121 cm³/mol. The first-order chi connectivity index (χ1) is 15.7. The Hall–Kier alpha value is -3.35. The molecule has 1 N–H and O–H groups in total. The monoisotopic (exact) mass is 454 g/mol. The number of hydrogen-bond acceptors (Lipinski definition) is 2. The van der Waals surface area contributed by atoms with E-state index < -0.39 is 17.8 Å². The molecule has 4 rings (SSSR count). The molecule has 0 spiro atoms. The molecule has 2 atom stereocenters. The molecule has 1 aliphatic rings. The summed E-state index contributed by atoms with van der Waals surface area (Å²) in [5, 5.41) is 4.76. The van der Waals surface area contributed by atoms with Gasteiger partial charge >= 0.3 is 6.18 Å². The van der Waals surface area contributed by atoms with Crippen molar-refractivity contribution in [1.82, 2.24) is 10.2 Å². The molecule has 1 heterocycles. The highest BCUT2D eigenvalue weighted by molar-refractivity contribution is 6.07. The van der Waals surface area contributed by atoms with Crippen LogP contribution >= 0.6 is 0 Å². The molecule has 7 heteroatoms. The van der Waals surface area contributed by atoms with Crippen molar-refractivity contribution in [2.75, 3.05) is 13.1 Å². The molecule has 172 valence electrons. The Morgan fingerprint density at radius 2 is 1.70 bits per heavy atom. The van der Waals surface area contributed by atoms with E-state index in [0.29, 0.717) is 37.1 Å². The number of benzene rings is 3. The number of nitrogens with zero attached hydrogens (tertiary/aromatic N) is 1. The number of halogens is 3. The molecular formula is C26H25F3N2O2. The van der Waals surface area contributed by atoms with Crippen LogP contribution in [0.15, 0.2) is 66.7 Å². The van der Waals surface area contributed by atoms with Gasteiger partial charge in [-0.2, -0.15) is 13.2 Å². The van der Waals surface area contributed by atoms with Crippen molar-refractivity contribution in [3.63, 3.8) is 0 Å². The Balaban J connectivity index is 1.42. The molecule has 0 saturated carbocycles. The molecule has 3 aromatic rings. The minimum absolute atomic E-state index is 0.0971. The van der Waals surface area contributed by atoms with Crippen LogP contribution in [0.2, 0.25) is 0 Å². The van der Waals surface area contributed by atoms with Crippen LogP contribution in [-0.4, -0.2) is 29.8 Å². The van der Waals surface area contributed by atoms with Gasteiger partial charge in [0, 0.05) is 18.7 Å². The molecule has 0 unspecified atom stereocenters. The quantitative estimate of drug-likeness (QED) is 0.559. The zero-order chi connectivity index (χ0) is 23.6. The number of nitrogens with one attached hydrogen (secondary N) is 1. The van der Waals surface area contributed by atoms with Crippen molar-refractivity contribution in [2.45, 2.75) is 32.0 Å². The number of hydrogen-bond donors (Lipinski definition) is 1. The van der Waals surface area contributed by atoms with E-state index in [1.165, 1.54) is 12.1 Å². The third-order valence-corrected chi connectivity index (χ3v) is 6.20. The van der Waals surface area contributed by atoms with Gasteiger partial charge in [0.15, 0.2) is 0 Å². The number of carbonyl (C=O) groups excluding carboxylic acids is 2. The molecule has 1 saturated heterocycles. The predicted octanol–water partition coefficient (Wildman–Crippen LogP) is 5.59. The minimum Gasteiger partial charge on any atom is -0.349 e. The first-order valence-corrected chi connectivity index (χ1v) is 11.0. The Kier molecular flexibility index (Phi) is 6.40. The van der Waals surface area contributed by atoms with Crippen LogP contribution in [-0.2, 0) is 11.0 Å². The van der Waals surface area contributed by atoms with Gasteiger partial charge in [-0.3, -0.25) is 9.59 Å². The first-order valence-electron chi connectivity index (χ1n) is 11.0. The van der Waals surface area contributed by atoms with E-state index in [4.69, 9.17) is 0 Å². The van der Waals surface area contributed by atoms with Gasteiger partial charge in [0.2, 0.25) is 5.91 Å². The second-order valence-electron chi connectivity index (χ2n) is 8.47. The molecule has 2 amide bonds. The van der Waals surface area contributed by atoms with E-state index in [1.54, 1.807) is 17.9 Å². The van der Waals surface area contributed by atoms with Gasteiger partial charge in [-0.15, -0.1) is 0 Å². The SMILES string of the molecule is C[C@@H](NC(=O)[C@@H]1CCCN(C(=O)c2cccc3ccccc23)C1)c1ccc(C(F)(F)F)cc1. The highest BCUT2D eigenvalue weighted by Gasteiger charge is 2.31. The highest BCUT2D eigenvalue weighted by Crippen LogP contribution is 2.30. The van der Waals surface area contributed by atoms with Gasteiger partial charge in [0.1, 0.15) is 0 Å². The molecular weight excluding hydrogens is 429 g/mol. The zero-order valence-electron chi connectivity index (χ0n) is 18.2. The molecule has 0 bridgehead atoms. The summed E-state index contributed by atoms with van der Waals surface area (Å²) in [6, 6.07) is 17.7. The van der Waals surface area contributed by atoms with Gasteiger partial charge < -0.3 is 10.2 Å².